The number of fused-ring (bicyclic) bond motifs is 1. The summed E-state index contributed by atoms with van der Waals surface area (Å²) in [5, 5.41) is 12.2. The summed E-state index contributed by atoms with van der Waals surface area (Å²) in [5.74, 6) is 0.255. The number of carbonyl (C=O) groups excluding carboxylic acids is 2. The summed E-state index contributed by atoms with van der Waals surface area (Å²) in [6, 6.07) is 5.09. The van der Waals surface area contributed by atoms with Crippen LogP contribution < -0.4 is 10.6 Å². The smallest absolute Gasteiger partial charge is 0.152 e. The lowest BCUT2D eigenvalue weighted by molar-refractivity contribution is -0.116. The van der Waals surface area contributed by atoms with Gasteiger partial charge in [-0.05, 0) is 50.1 Å². The Bertz CT molecular complexity index is 1090. The van der Waals surface area contributed by atoms with Crippen molar-refractivity contribution < 1.29 is 14.7 Å². The molecule has 3 rings (SSSR count). The van der Waals surface area contributed by atoms with E-state index in [1.165, 1.54) is 0 Å². The average molecular weight is 336 g/mol. The predicted molar refractivity (Wildman–Crippen MR) is 98.2 cm³/mol. The molecule has 128 valence electrons. The Kier molecular flexibility index (Phi) is 4.31. The molecule has 3 N–H and O–H groups in total. The lowest BCUT2D eigenvalue weighted by Gasteiger charge is -2.00. The van der Waals surface area contributed by atoms with Crippen molar-refractivity contribution in [1.82, 2.24) is 9.97 Å². The highest BCUT2D eigenvalue weighted by atomic mass is 16.3. The molecule has 0 amide bonds. The maximum atomic E-state index is 11.5. The normalized spacial score (nSPS) is 12.0. The van der Waals surface area contributed by atoms with Crippen LogP contribution in [0.15, 0.2) is 18.2 Å². The first kappa shape index (κ1) is 16.8. The second-order valence-electron chi connectivity index (χ2n) is 6.27. The number of phenols is 1. The van der Waals surface area contributed by atoms with Crippen LogP contribution in [0.4, 0.5) is 0 Å². The quantitative estimate of drug-likeness (QED) is 0.624. The number of nitrogens with one attached hydrogen (secondary N) is 2. The highest BCUT2D eigenvalue weighted by Gasteiger charge is 2.14. The minimum atomic E-state index is 0.0801. The zero-order valence-electron chi connectivity index (χ0n) is 14.3. The summed E-state index contributed by atoms with van der Waals surface area (Å²) < 4.78 is 0. The van der Waals surface area contributed by atoms with E-state index in [2.05, 4.69) is 16.5 Å². The number of benzene rings is 1. The van der Waals surface area contributed by atoms with Crippen LogP contribution in [-0.2, 0) is 11.2 Å². The molecule has 0 spiro atoms. The van der Waals surface area contributed by atoms with Gasteiger partial charge in [0.25, 0.3) is 0 Å². The Morgan fingerprint density at radius 3 is 2.76 bits per heavy atom. The maximum Gasteiger partial charge on any atom is 0.152 e. The van der Waals surface area contributed by atoms with Crippen molar-refractivity contribution >= 4 is 35.6 Å². The molecule has 0 radical (unpaired) electrons. The Labute approximate surface area is 144 Å². The summed E-state index contributed by atoms with van der Waals surface area (Å²) in [5.41, 5.74) is 3.86. The fourth-order valence-corrected chi connectivity index (χ4v) is 3.14. The number of aromatic nitrogens is 2. The molecule has 0 bridgehead atoms. The van der Waals surface area contributed by atoms with Crippen molar-refractivity contribution in [3.05, 3.63) is 51.3 Å². The standard InChI is InChI=1S/C20H20N2O3/c1-11(24)4-6-15-18(10-23)13(3)22-20(15)9-16-12(2)21-19-7-5-14(25)8-17(16)19/h5,7-10,21-22,25H,2,4,6H2,1,3H3/b16-9+. The molecule has 0 aliphatic heterocycles. The van der Waals surface area contributed by atoms with Gasteiger partial charge < -0.3 is 19.9 Å². The summed E-state index contributed by atoms with van der Waals surface area (Å²) >= 11 is 0. The fraction of sp³-hybridized carbons (Fsp3) is 0.200. The molecule has 0 saturated carbocycles. The average Bonchev–Trinajstić information content (AvgIpc) is 3.02. The third-order valence-corrected chi connectivity index (χ3v) is 4.41. The zero-order valence-corrected chi connectivity index (χ0v) is 14.3. The number of rotatable bonds is 5. The van der Waals surface area contributed by atoms with E-state index in [1.54, 1.807) is 25.1 Å². The van der Waals surface area contributed by atoms with Gasteiger partial charge in [-0.2, -0.15) is 0 Å². The lowest BCUT2D eigenvalue weighted by Crippen LogP contribution is -2.21. The molecule has 2 heterocycles. The van der Waals surface area contributed by atoms with Crippen LogP contribution in [0.25, 0.3) is 23.6 Å². The first-order valence-electron chi connectivity index (χ1n) is 8.08. The van der Waals surface area contributed by atoms with Gasteiger partial charge in [-0.3, -0.25) is 4.79 Å². The van der Waals surface area contributed by atoms with Gasteiger partial charge in [-0.15, -0.1) is 0 Å². The van der Waals surface area contributed by atoms with Crippen LogP contribution in [0.1, 0.15) is 40.7 Å². The Balaban J connectivity index is 2.24. The van der Waals surface area contributed by atoms with E-state index in [-0.39, 0.29) is 11.5 Å². The second kappa shape index (κ2) is 6.43. The Hall–Kier alpha value is -3.08. The molecule has 25 heavy (non-hydrogen) atoms. The Morgan fingerprint density at radius 1 is 1.32 bits per heavy atom. The van der Waals surface area contributed by atoms with Gasteiger partial charge in [0.15, 0.2) is 6.29 Å². The van der Waals surface area contributed by atoms with Gasteiger partial charge >= 0.3 is 0 Å². The number of H-pyrrole nitrogens is 2. The van der Waals surface area contributed by atoms with Crippen molar-refractivity contribution in [2.45, 2.75) is 26.7 Å². The monoisotopic (exact) mass is 336 g/mol. The largest absolute Gasteiger partial charge is 0.508 e. The lowest BCUT2D eigenvalue weighted by atomic mass is 10.0. The van der Waals surface area contributed by atoms with E-state index in [4.69, 9.17) is 0 Å². The summed E-state index contributed by atoms with van der Waals surface area (Å²) in [6.45, 7) is 7.41. The van der Waals surface area contributed by atoms with E-state index in [0.29, 0.717) is 18.4 Å². The molecule has 5 nitrogen and oxygen atoms in total. The molecule has 3 aromatic rings. The molecular formula is C20H20N2O3. The van der Waals surface area contributed by atoms with Crippen molar-refractivity contribution in [3.63, 3.8) is 0 Å². The van der Waals surface area contributed by atoms with Gasteiger partial charge in [0, 0.05) is 44.8 Å². The van der Waals surface area contributed by atoms with Gasteiger partial charge in [-0.1, -0.05) is 6.58 Å². The third-order valence-electron chi connectivity index (χ3n) is 4.41. The fourth-order valence-electron chi connectivity index (χ4n) is 3.14. The summed E-state index contributed by atoms with van der Waals surface area (Å²) in [7, 11) is 0. The number of phenolic OH excluding ortho intramolecular Hbond substituents is 1. The van der Waals surface area contributed by atoms with Crippen LogP contribution in [0.5, 0.6) is 5.75 Å². The predicted octanol–water partition coefficient (Wildman–Crippen LogP) is 2.08. The zero-order chi connectivity index (χ0) is 18.1. The SMILES string of the molecule is C=c1[nH]c2ccc(O)cc2/c1=C/c1[nH]c(C)c(C=O)c1CCC(C)=O. The van der Waals surface area contributed by atoms with Gasteiger partial charge in [-0.25, -0.2) is 0 Å². The first-order chi connectivity index (χ1) is 11.9. The molecule has 0 aliphatic rings. The van der Waals surface area contributed by atoms with Gasteiger partial charge in [0.05, 0.1) is 0 Å². The highest BCUT2D eigenvalue weighted by Crippen LogP contribution is 2.20. The number of hydrogen-bond acceptors (Lipinski definition) is 3. The van der Waals surface area contributed by atoms with E-state index in [9.17, 15) is 14.7 Å². The van der Waals surface area contributed by atoms with E-state index in [1.807, 2.05) is 13.0 Å². The topological polar surface area (TPSA) is 85.9 Å². The number of aldehydes is 1. The van der Waals surface area contributed by atoms with Crippen LogP contribution >= 0.6 is 0 Å². The highest BCUT2D eigenvalue weighted by molar-refractivity contribution is 5.86. The number of aromatic hydroxyl groups is 1. The van der Waals surface area contributed by atoms with Crippen molar-refractivity contribution in [1.29, 1.82) is 0 Å². The number of hydrogen-bond donors (Lipinski definition) is 3. The summed E-state index contributed by atoms with van der Waals surface area (Å²) in [6.07, 6.45) is 3.62. The molecular weight excluding hydrogens is 316 g/mol. The van der Waals surface area contributed by atoms with E-state index >= 15 is 0 Å². The number of carbonyl (C=O) groups is 2. The van der Waals surface area contributed by atoms with Crippen molar-refractivity contribution in [3.8, 4) is 5.75 Å². The number of aryl methyl sites for hydroxylation is 1. The van der Waals surface area contributed by atoms with Gasteiger partial charge in [0.1, 0.15) is 11.5 Å². The van der Waals surface area contributed by atoms with Gasteiger partial charge in [0.2, 0.25) is 0 Å². The molecule has 1 aromatic carbocycles. The maximum absolute atomic E-state index is 11.5. The van der Waals surface area contributed by atoms with E-state index < -0.39 is 0 Å². The Morgan fingerprint density at radius 2 is 2.08 bits per heavy atom. The van der Waals surface area contributed by atoms with Crippen molar-refractivity contribution in [2.24, 2.45) is 0 Å². The van der Waals surface area contributed by atoms with E-state index in [0.717, 1.165) is 44.7 Å². The number of aromatic amines is 2. The molecule has 0 aliphatic carbocycles. The molecule has 0 unspecified atom stereocenters. The third kappa shape index (κ3) is 3.13. The number of ketones is 1. The molecule has 0 atom stereocenters. The minimum absolute atomic E-state index is 0.0801. The van der Waals surface area contributed by atoms with Crippen LogP contribution in [0.2, 0.25) is 0 Å². The molecule has 5 heteroatoms. The number of Topliss-reactive ketones (excluding diaryl/α,β-unsaturated/α-hetero) is 1. The molecule has 0 fully saturated rings. The van der Waals surface area contributed by atoms with Crippen LogP contribution in [-0.4, -0.2) is 27.1 Å². The second-order valence-corrected chi connectivity index (χ2v) is 6.27. The summed E-state index contributed by atoms with van der Waals surface area (Å²) in [4.78, 5) is 29.2. The van der Waals surface area contributed by atoms with Crippen LogP contribution in [0.3, 0.4) is 0 Å². The molecule has 2 aromatic heterocycles. The first-order valence-corrected chi connectivity index (χ1v) is 8.08. The van der Waals surface area contributed by atoms with Crippen molar-refractivity contribution in [2.75, 3.05) is 0 Å². The van der Waals surface area contributed by atoms with Crippen LogP contribution in [0, 0.1) is 6.92 Å². The molecule has 0 saturated heterocycles. The minimum Gasteiger partial charge on any atom is -0.508 e.